The number of sulfonamides is 1. The Morgan fingerprint density at radius 3 is 2.72 bits per heavy atom. The second-order valence-corrected chi connectivity index (χ2v) is 5.72. The Labute approximate surface area is 105 Å². The number of nitrogens with zero attached hydrogens (tertiary/aromatic N) is 1. The fraction of sp³-hybridized carbons (Fsp3) is 0.182. The summed E-state index contributed by atoms with van der Waals surface area (Å²) in [6, 6.07) is 8.48. The van der Waals surface area contributed by atoms with Crippen LogP contribution in [0.3, 0.4) is 0 Å². The lowest BCUT2D eigenvalue weighted by Gasteiger charge is -2.07. The molecule has 2 aromatic rings. The molecule has 4 N–H and O–H groups in total. The van der Waals surface area contributed by atoms with Crippen LogP contribution in [-0.4, -0.2) is 18.6 Å². The molecule has 0 amide bonds. The number of benzene rings is 1. The average Bonchev–Trinajstić information content (AvgIpc) is 2.66. The molecule has 0 bridgehead atoms. The molecule has 1 heterocycles. The van der Waals surface area contributed by atoms with Gasteiger partial charge in [0.15, 0.2) is 5.82 Å². The van der Waals surface area contributed by atoms with Crippen LogP contribution in [0.1, 0.15) is 11.3 Å². The molecule has 0 saturated heterocycles. The van der Waals surface area contributed by atoms with Gasteiger partial charge in [-0.1, -0.05) is 18.2 Å². The second kappa shape index (κ2) is 4.69. The van der Waals surface area contributed by atoms with Crippen LogP contribution in [0.5, 0.6) is 0 Å². The molecule has 0 spiro atoms. The highest BCUT2D eigenvalue weighted by molar-refractivity contribution is 7.91. The monoisotopic (exact) mass is 266 g/mol. The van der Waals surface area contributed by atoms with Gasteiger partial charge in [0.1, 0.15) is 0 Å². The van der Waals surface area contributed by atoms with Gasteiger partial charge in [-0.05, 0) is 18.6 Å². The van der Waals surface area contributed by atoms with Crippen molar-refractivity contribution < 1.29 is 8.42 Å². The van der Waals surface area contributed by atoms with Crippen molar-refractivity contribution in [1.82, 2.24) is 10.2 Å². The minimum absolute atomic E-state index is 0.175. The summed E-state index contributed by atoms with van der Waals surface area (Å²) < 4.78 is 26.2. The van der Waals surface area contributed by atoms with Crippen molar-refractivity contribution in [3.05, 3.63) is 41.6 Å². The second-order valence-electron chi connectivity index (χ2n) is 4.00. The molecule has 6 nitrogen and oxygen atoms in total. The number of aromatic amines is 1. The van der Waals surface area contributed by atoms with Crippen molar-refractivity contribution in [2.75, 3.05) is 10.5 Å². The van der Waals surface area contributed by atoms with E-state index in [-0.39, 0.29) is 11.6 Å². The minimum Gasteiger partial charge on any atom is -0.398 e. The number of para-hydroxylation sites is 1. The number of aromatic nitrogens is 2. The number of anilines is 2. The molecular weight excluding hydrogens is 252 g/mol. The number of H-pyrrole nitrogens is 1. The number of aryl methyl sites for hydroxylation is 1. The summed E-state index contributed by atoms with van der Waals surface area (Å²) in [6.07, 6.45) is 0. The predicted octanol–water partition coefficient (Wildman–Crippen LogP) is 1.24. The van der Waals surface area contributed by atoms with Crippen LogP contribution in [0.25, 0.3) is 0 Å². The predicted molar refractivity (Wildman–Crippen MR) is 70.4 cm³/mol. The first-order valence-corrected chi connectivity index (χ1v) is 6.97. The Bertz CT molecular complexity index is 649. The molecule has 2 rings (SSSR count). The fourth-order valence-electron chi connectivity index (χ4n) is 1.54. The van der Waals surface area contributed by atoms with Crippen LogP contribution >= 0.6 is 0 Å². The maximum Gasteiger partial charge on any atom is 0.238 e. The van der Waals surface area contributed by atoms with E-state index >= 15 is 0 Å². The summed E-state index contributed by atoms with van der Waals surface area (Å²) in [7, 11) is -3.51. The lowest BCUT2D eigenvalue weighted by atomic mass is 10.2. The summed E-state index contributed by atoms with van der Waals surface area (Å²) in [5, 5.41) is 6.48. The first-order valence-electron chi connectivity index (χ1n) is 5.32. The zero-order valence-corrected chi connectivity index (χ0v) is 10.7. The van der Waals surface area contributed by atoms with E-state index < -0.39 is 10.0 Å². The number of nitrogens with two attached hydrogens (primary N) is 1. The Kier molecular flexibility index (Phi) is 3.24. The topological polar surface area (TPSA) is 101 Å². The van der Waals surface area contributed by atoms with Gasteiger partial charge in [-0.25, -0.2) is 8.42 Å². The third-order valence-corrected chi connectivity index (χ3v) is 3.58. The number of hydrogen-bond acceptors (Lipinski definition) is 4. The van der Waals surface area contributed by atoms with Gasteiger partial charge >= 0.3 is 0 Å². The van der Waals surface area contributed by atoms with Gasteiger partial charge in [0.25, 0.3) is 0 Å². The van der Waals surface area contributed by atoms with Gasteiger partial charge in [-0.2, -0.15) is 5.10 Å². The lowest BCUT2D eigenvalue weighted by Crippen LogP contribution is -2.16. The van der Waals surface area contributed by atoms with Crippen molar-refractivity contribution in [1.29, 1.82) is 0 Å². The lowest BCUT2D eigenvalue weighted by molar-refractivity contribution is 0.600. The molecule has 0 aliphatic heterocycles. The number of hydrogen-bond donors (Lipinski definition) is 3. The third-order valence-electron chi connectivity index (χ3n) is 2.37. The average molecular weight is 266 g/mol. The minimum atomic E-state index is -3.51. The quantitative estimate of drug-likeness (QED) is 0.725. The largest absolute Gasteiger partial charge is 0.398 e. The molecule has 1 aromatic carbocycles. The highest BCUT2D eigenvalue weighted by atomic mass is 32.2. The van der Waals surface area contributed by atoms with Crippen LogP contribution in [0.2, 0.25) is 0 Å². The van der Waals surface area contributed by atoms with E-state index in [1.165, 1.54) is 0 Å². The zero-order chi connectivity index (χ0) is 13.2. The number of nitrogens with one attached hydrogen (secondary N) is 2. The Morgan fingerprint density at radius 2 is 2.11 bits per heavy atom. The standard InChI is InChI=1S/C11H14N4O2S/c1-8-6-11(14-13-8)15-18(16,17)7-9-4-2-3-5-10(9)12/h2-6H,7,12H2,1H3,(H2,13,14,15). The van der Waals surface area contributed by atoms with Gasteiger partial charge < -0.3 is 5.73 Å². The van der Waals surface area contributed by atoms with E-state index in [0.717, 1.165) is 5.69 Å². The van der Waals surface area contributed by atoms with E-state index in [4.69, 9.17) is 5.73 Å². The van der Waals surface area contributed by atoms with Crippen LogP contribution in [-0.2, 0) is 15.8 Å². The van der Waals surface area contributed by atoms with Gasteiger partial charge in [0.05, 0.1) is 5.75 Å². The van der Waals surface area contributed by atoms with E-state index in [1.54, 1.807) is 37.3 Å². The summed E-state index contributed by atoms with van der Waals surface area (Å²) in [5.41, 5.74) is 7.52. The van der Waals surface area contributed by atoms with Gasteiger partial charge in [0, 0.05) is 17.4 Å². The van der Waals surface area contributed by atoms with Crippen molar-refractivity contribution in [2.45, 2.75) is 12.7 Å². The first kappa shape index (κ1) is 12.4. The van der Waals surface area contributed by atoms with E-state index in [2.05, 4.69) is 14.9 Å². The van der Waals surface area contributed by atoms with Crippen molar-refractivity contribution in [3.8, 4) is 0 Å². The normalized spacial score (nSPS) is 11.4. The van der Waals surface area contributed by atoms with Gasteiger partial charge in [-0.3, -0.25) is 9.82 Å². The fourth-order valence-corrected chi connectivity index (χ4v) is 2.70. The Morgan fingerprint density at radius 1 is 1.39 bits per heavy atom. The maximum absolute atomic E-state index is 11.9. The summed E-state index contributed by atoms with van der Waals surface area (Å²) in [5.74, 6) is 0.105. The molecule has 0 aliphatic rings. The van der Waals surface area contributed by atoms with Crippen molar-refractivity contribution in [2.24, 2.45) is 0 Å². The summed E-state index contributed by atoms with van der Waals surface area (Å²) in [4.78, 5) is 0. The third kappa shape index (κ3) is 3.01. The highest BCUT2D eigenvalue weighted by Crippen LogP contribution is 2.16. The molecule has 0 aliphatic carbocycles. The first-order chi connectivity index (χ1) is 8.46. The molecule has 0 unspecified atom stereocenters. The molecule has 0 atom stereocenters. The summed E-state index contributed by atoms with van der Waals surface area (Å²) in [6.45, 7) is 1.79. The molecule has 0 fully saturated rings. The Hall–Kier alpha value is -2.02. The van der Waals surface area contributed by atoms with Crippen LogP contribution < -0.4 is 10.5 Å². The molecule has 0 radical (unpaired) electrons. The van der Waals surface area contributed by atoms with E-state index in [1.807, 2.05) is 0 Å². The number of rotatable bonds is 4. The van der Waals surface area contributed by atoms with Crippen molar-refractivity contribution in [3.63, 3.8) is 0 Å². The smallest absolute Gasteiger partial charge is 0.238 e. The van der Waals surface area contributed by atoms with Crippen LogP contribution in [0.4, 0.5) is 11.5 Å². The molecule has 7 heteroatoms. The SMILES string of the molecule is Cc1cc(NS(=O)(=O)Cc2ccccc2N)n[nH]1. The number of nitrogen functional groups attached to an aromatic ring is 1. The molecule has 18 heavy (non-hydrogen) atoms. The van der Waals surface area contributed by atoms with E-state index in [9.17, 15) is 8.42 Å². The van der Waals surface area contributed by atoms with Crippen LogP contribution in [0.15, 0.2) is 30.3 Å². The highest BCUT2D eigenvalue weighted by Gasteiger charge is 2.14. The maximum atomic E-state index is 11.9. The van der Waals surface area contributed by atoms with Gasteiger partial charge in [-0.15, -0.1) is 0 Å². The van der Waals surface area contributed by atoms with Crippen LogP contribution in [0, 0.1) is 6.92 Å². The molecule has 0 saturated carbocycles. The Balaban J connectivity index is 2.15. The van der Waals surface area contributed by atoms with Gasteiger partial charge in [0.2, 0.25) is 10.0 Å². The zero-order valence-electron chi connectivity index (χ0n) is 9.84. The molecule has 96 valence electrons. The van der Waals surface area contributed by atoms with Crippen molar-refractivity contribution >= 4 is 21.5 Å². The molecule has 1 aromatic heterocycles. The molecular formula is C11H14N4O2S. The van der Waals surface area contributed by atoms with E-state index in [0.29, 0.717) is 11.3 Å². The summed E-state index contributed by atoms with van der Waals surface area (Å²) >= 11 is 0.